The zero-order valence-electron chi connectivity index (χ0n) is 28.3. The largest absolute Gasteiger partial charge is 0.726 e. The number of carbonyl (C=O) groups is 3. The number of nitrogens with one attached hydrogen (secondary N) is 1. The number of hydrogen-bond acceptors (Lipinski definition) is 14. The second-order valence-electron chi connectivity index (χ2n) is 11.2. The van der Waals surface area contributed by atoms with Gasteiger partial charge in [0.15, 0.2) is 17.4 Å². The minimum absolute atomic E-state index is 0.120. The molecule has 15 nitrogen and oxygen atoms in total. The number of rotatable bonds is 12. The third-order valence-corrected chi connectivity index (χ3v) is 10.3. The zero-order valence-corrected chi connectivity index (χ0v) is 30.8. The van der Waals surface area contributed by atoms with Crippen LogP contribution in [0.15, 0.2) is 120 Å². The molecule has 276 valence electrons. The van der Waals surface area contributed by atoms with Gasteiger partial charge in [-0.05, 0) is 22.8 Å². The quantitative estimate of drug-likeness (QED) is 0.0405. The van der Waals surface area contributed by atoms with Gasteiger partial charge < -0.3 is 25.2 Å². The molecule has 0 saturated carbocycles. The lowest BCUT2D eigenvalue weighted by Gasteiger charge is -2.49. The summed E-state index contributed by atoms with van der Waals surface area (Å²) >= 11 is 2.68. The first-order valence-electron chi connectivity index (χ1n) is 15.7. The molecule has 2 aliphatic heterocycles. The van der Waals surface area contributed by atoms with Crippen LogP contribution in [0.5, 0.6) is 0 Å². The van der Waals surface area contributed by atoms with E-state index in [1.807, 2.05) is 96.7 Å². The topological polar surface area (TPSA) is 207 Å². The summed E-state index contributed by atoms with van der Waals surface area (Å²) in [5, 5.41) is 8.24. The number of aryl methyl sites for hydroxylation is 1. The highest BCUT2D eigenvalue weighted by molar-refractivity contribution is 8.00. The Morgan fingerprint density at radius 3 is 2.26 bits per heavy atom. The van der Waals surface area contributed by atoms with Gasteiger partial charge in [-0.15, -0.1) is 23.1 Å². The normalized spacial score (nSPS) is 17.3. The number of pyridine rings is 1. The van der Waals surface area contributed by atoms with E-state index in [-0.39, 0.29) is 5.70 Å². The minimum Gasteiger partial charge on any atom is -0.726 e. The number of hydrogen-bond donors (Lipinski definition) is 2. The molecule has 0 radical (unpaired) electrons. The Hall–Kier alpha value is -5.40. The van der Waals surface area contributed by atoms with Crippen molar-refractivity contribution in [2.45, 2.75) is 23.6 Å². The van der Waals surface area contributed by atoms with Crippen LogP contribution in [-0.2, 0) is 45.6 Å². The van der Waals surface area contributed by atoms with Crippen molar-refractivity contribution in [1.82, 2.24) is 15.2 Å². The van der Waals surface area contributed by atoms with Crippen molar-refractivity contribution < 1.29 is 45.7 Å². The van der Waals surface area contributed by atoms with Crippen molar-refractivity contribution in [1.29, 1.82) is 0 Å². The summed E-state index contributed by atoms with van der Waals surface area (Å²) in [5.74, 6) is -1.33. The van der Waals surface area contributed by atoms with Gasteiger partial charge in [0.2, 0.25) is 16.1 Å². The standard InChI is InChI=1S/C34H30N6O5S2.CH4O4S/c1-3-21-19-46-32-27(38-26(41)18-36-45-30(24-20-47-34(35)37-24)25-16-10-11-17-39(25)2)31(42)40(32)28(21)33(43)44-29(22-12-6-4-7-13-22)23-14-8-5-9-15-23;1-5-6(2,3)4/h3-18,20,27,29-30,32H,1,19H2,2H3,(H2-,35,37,38,41);1H3,(H,2,3,4)/t27?,30?,32-;/m1./s1. The van der Waals surface area contributed by atoms with Crippen molar-refractivity contribution in [2.24, 2.45) is 12.2 Å². The molecule has 2 unspecified atom stereocenters. The minimum atomic E-state index is -4.41. The molecule has 1 fully saturated rings. The van der Waals surface area contributed by atoms with Gasteiger partial charge in [0.05, 0.1) is 7.11 Å². The van der Waals surface area contributed by atoms with E-state index in [2.05, 4.69) is 26.2 Å². The summed E-state index contributed by atoms with van der Waals surface area (Å²) in [5.41, 5.74) is 9.40. The number of fused-ring (bicyclic) bond motifs is 1. The molecule has 2 aliphatic rings. The molecule has 0 spiro atoms. The third kappa shape index (κ3) is 9.53. The van der Waals surface area contributed by atoms with E-state index < -0.39 is 51.8 Å². The number of esters is 1. The predicted octanol–water partition coefficient (Wildman–Crippen LogP) is 2.91. The first-order valence-corrected chi connectivity index (χ1v) is 19.0. The maximum Gasteiger partial charge on any atom is 0.356 e. The second kappa shape index (κ2) is 17.4. The molecule has 2 aromatic heterocycles. The summed E-state index contributed by atoms with van der Waals surface area (Å²) in [7, 11) is -1.75. The second-order valence-corrected chi connectivity index (χ2v) is 14.4. The smallest absolute Gasteiger partial charge is 0.356 e. The molecular weight excluding hydrogens is 745 g/mol. The number of thioether (sulfide) groups is 1. The van der Waals surface area contributed by atoms with Gasteiger partial charge in [0.25, 0.3) is 17.9 Å². The van der Waals surface area contributed by atoms with Gasteiger partial charge in [0.1, 0.15) is 36.1 Å². The van der Waals surface area contributed by atoms with Crippen molar-refractivity contribution >= 4 is 62.6 Å². The van der Waals surface area contributed by atoms with Crippen LogP contribution in [0.1, 0.15) is 34.7 Å². The molecule has 4 aromatic rings. The SMILES string of the molecule is C=CC1=C(C(=O)OC(c2ccccc2)c2ccccc2)N2C(=O)C(NC(=O)C=NOC(c3csc(N)n3)c3cccc[n+]3C)[C@H]2SC1.COS(=O)(=O)[O-]. The molecule has 2 amide bonds. The van der Waals surface area contributed by atoms with Crippen molar-refractivity contribution in [3.8, 4) is 0 Å². The fourth-order valence-corrected chi connectivity index (χ4v) is 7.27. The number of thiazole rings is 1. The number of anilines is 1. The molecule has 0 bridgehead atoms. The van der Waals surface area contributed by atoms with Crippen molar-refractivity contribution in [3.05, 3.63) is 137 Å². The van der Waals surface area contributed by atoms with Gasteiger partial charge in [-0.3, -0.25) is 18.7 Å². The van der Waals surface area contributed by atoms with Crippen LogP contribution in [0.4, 0.5) is 5.13 Å². The number of nitrogens with two attached hydrogens (primary N) is 1. The van der Waals surface area contributed by atoms with Crippen LogP contribution >= 0.6 is 23.1 Å². The van der Waals surface area contributed by atoms with E-state index >= 15 is 0 Å². The maximum atomic E-state index is 13.8. The van der Waals surface area contributed by atoms with Gasteiger partial charge in [-0.2, -0.15) is 0 Å². The summed E-state index contributed by atoms with van der Waals surface area (Å²) in [6.07, 6.45) is 2.97. The molecule has 3 atom stereocenters. The Labute approximate surface area is 313 Å². The fourth-order valence-electron chi connectivity index (χ4n) is 5.35. The molecule has 53 heavy (non-hydrogen) atoms. The molecule has 1 saturated heterocycles. The van der Waals surface area contributed by atoms with E-state index in [1.54, 1.807) is 11.5 Å². The van der Waals surface area contributed by atoms with Crippen LogP contribution in [0.25, 0.3) is 0 Å². The highest BCUT2D eigenvalue weighted by atomic mass is 32.3. The first kappa shape index (κ1) is 38.8. The van der Waals surface area contributed by atoms with Gasteiger partial charge in [-0.1, -0.05) is 78.5 Å². The Balaban J connectivity index is 0.000000833. The van der Waals surface area contributed by atoms with Crippen molar-refractivity contribution in [3.63, 3.8) is 0 Å². The Bertz CT molecular complexity index is 2090. The molecule has 6 rings (SSSR count). The number of amides is 2. The van der Waals surface area contributed by atoms with Gasteiger partial charge >= 0.3 is 5.97 Å². The average Bonchev–Trinajstić information content (AvgIpc) is 3.60. The summed E-state index contributed by atoms with van der Waals surface area (Å²) in [6, 6.07) is 23.5. The summed E-state index contributed by atoms with van der Waals surface area (Å²) in [6.45, 7) is 3.86. The van der Waals surface area contributed by atoms with Crippen LogP contribution in [0.2, 0.25) is 0 Å². The highest BCUT2D eigenvalue weighted by Crippen LogP contribution is 2.42. The molecule has 0 aliphatic carbocycles. The molecule has 2 aromatic carbocycles. The molecular formula is C35H34N6O9S3. The van der Waals surface area contributed by atoms with Gasteiger partial charge in [0, 0.05) is 23.3 Å². The number of ether oxygens (including phenoxy) is 1. The molecule has 4 heterocycles. The molecule has 3 N–H and O–H groups in total. The Morgan fingerprint density at radius 2 is 1.72 bits per heavy atom. The van der Waals surface area contributed by atoms with Crippen LogP contribution < -0.4 is 15.6 Å². The van der Waals surface area contributed by atoms with E-state index in [9.17, 15) is 27.4 Å². The van der Waals surface area contributed by atoms with E-state index in [0.717, 1.165) is 30.1 Å². The zero-order chi connectivity index (χ0) is 38.1. The average molecular weight is 779 g/mol. The monoisotopic (exact) mass is 778 g/mol. The maximum absolute atomic E-state index is 13.8. The van der Waals surface area contributed by atoms with Gasteiger partial charge in [-0.25, -0.2) is 22.8 Å². The van der Waals surface area contributed by atoms with E-state index in [0.29, 0.717) is 22.2 Å². The number of nitrogens with zero attached hydrogens (tertiary/aromatic N) is 4. The lowest BCUT2D eigenvalue weighted by molar-refractivity contribution is -0.682. The number of allylic oxidation sites excluding steroid dienone is 1. The Morgan fingerprint density at radius 1 is 1.09 bits per heavy atom. The summed E-state index contributed by atoms with van der Waals surface area (Å²) < 4.78 is 39.0. The number of aromatic nitrogens is 2. The number of β-lactam (4-membered cyclic amide) rings is 1. The van der Waals surface area contributed by atoms with Crippen LogP contribution in [-0.4, -0.2) is 71.1 Å². The lowest BCUT2D eigenvalue weighted by atomic mass is 10.0. The summed E-state index contributed by atoms with van der Waals surface area (Å²) in [4.78, 5) is 51.6. The van der Waals surface area contributed by atoms with E-state index in [1.165, 1.54) is 28.0 Å². The Kier molecular flexibility index (Phi) is 12.8. The number of nitrogen functional groups attached to an aromatic ring is 1. The molecule has 18 heteroatoms. The van der Waals surface area contributed by atoms with E-state index in [4.69, 9.17) is 15.3 Å². The van der Waals surface area contributed by atoms with Crippen LogP contribution in [0, 0.1) is 0 Å². The first-order chi connectivity index (χ1) is 25.4. The highest BCUT2D eigenvalue weighted by Gasteiger charge is 2.54. The van der Waals surface area contributed by atoms with Crippen LogP contribution in [0.3, 0.4) is 0 Å². The fraction of sp³-hybridized carbons (Fsp3) is 0.200. The number of oxime groups is 1. The third-order valence-electron chi connectivity index (χ3n) is 7.88. The number of benzene rings is 2. The van der Waals surface area contributed by atoms with Crippen molar-refractivity contribution in [2.75, 3.05) is 18.6 Å². The predicted molar refractivity (Wildman–Crippen MR) is 195 cm³/mol. The number of carbonyl (C=O) groups excluding carboxylic acids is 3. The lowest BCUT2D eigenvalue weighted by Crippen LogP contribution is -2.70.